The second kappa shape index (κ2) is 12.5. The molecular weight excluding hydrogens is 502 g/mol. The lowest BCUT2D eigenvalue weighted by molar-refractivity contribution is 0.0170. The van der Waals surface area contributed by atoms with Crippen LogP contribution in [0.3, 0.4) is 0 Å². The zero-order valence-corrected chi connectivity index (χ0v) is 20.1. The Hall–Kier alpha value is -1.23. The third kappa shape index (κ3) is 7.20. The smallest absolute Gasteiger partial charge is 0.191 e. The molecule has 1 aliphatic rings. The van der Waals surface area contributed by atoms with Crippen molar-refractivity contribution in [3.8, 4) is 0 Å². The number of ether oxygens (including phenoxy) is 1. The van der Waals surface area contributed by atoms with Crippen molar-refractivity contribution in [2.75, 3.05) is 46.4 Å². The molecule has 8 heteroatoms. The van der Waals surface area contributed by atoms with Crippen molar-refractivity contribution < 1.29 is 9.13 Å². The molecule has 0 spiro atoms. The minimum atomic E-state index is -0.211. The van der Waals surface area contributed by atoms with Gasteiger partial charge in [0.25, 0.3) is 0 Å². The molecule has 0 aliphatic carbocycles. The van der Waals surface area contributed by atoms with E-state index in [0.717, 1.165) is 44.4 Å². The van der Waals surface area contributed by atoms with Gasteiger partial charge in [0.2, 0.25) is 0 Å². The summed E-state index contributed by atoms with van der Waals surface area (Å²) in [5.41, 5.74) is 2.43. The predicted molar refractivity (Wildman–Crippen MR) is 129 cm³/mol. The van der Waals surface area contributed by atoms with Crippen molar-refractivity contribution in [3.63, 3.8) is 0 Å². The maximum absolute atomic E-state index is 13.4. The molecule has 2 unspecified atom stereocenters. The van der Waals surface area contributed by atoms with E-state index in [0.29, 0.717) is 12.5 Å². The number of halogens is 2. The van der Waals surface area contributed by atoms with E-state index >= 15 is 0 Å². The largest absolute Gasteiger partial charge is 0.379 e. The number of morpholine rings is 1. The Labute approximate surface area is 193 Å². The number of nitrogens with zero attached hydrogens (tertiary/aromatic N) is 2. The van der Waals surface area contributed by atoms with Crippen LogP contribution in [0.15, 0.2) is 46.1 Å². The van der Waals surface area contributed by atoms with Crippen molar-refractivity contribution >= 4 is 41.3 Å². The van der Waals surface area contributed by atoms with E-state index in [9.17, 15) is 4.39 Å². The molecule has 5 nitrogen and oxygen atoms in total. The summed E-state index contributed by atoms with van der Waals surface area (Å²) in [5.74, 6) is 0.983. The first-order valence-corrected chi connectivity index (χ1v) is 10.7. The van der Waals surface area contributed by atoms with Crippen LogP contribution in [0.1, 0.15) is 30.0 Å². The van der Waals surface area contributed by atoms with Crippen LogP contribution in [0.5, 0.6) is 0 Å². The van der Waals surface area contributed by atoms with Gasteiger partial charge >= 0.3 is 0 Å². The van der Waals surface area contributed by atoms with Crippen LogP contribution >= 0.6 is 35.3 Å². The van der Waals surface area contributed by atoms with Gasteiger partial charge < -0.3 is 15.4 Å². The van der Waals surface area contributed by atoms with E-state index in [2.05, 4.69) is 44.3 Å². The summed E-state index contributed by atoms with van der Waals surface area (Å²) in [7, 11) is 1.78. The lowest BCUT2D eigenvalue weighted by atomic mass is 10.0. The predicted octanol–water partition coefficient (Wildman–Crippen LogP) is 3.85. The lowest BCUT2D eigenvalue weighted by Crippen LogP contribution is -2.46. The number of benzene rings is 1. The Morgan fingerprint density at radius 3 is 2.45 bits per heavy atom. The van der Waals surface area contributed by atoms with Gasteiger partial charge in [0.15, 0.2) is 5.96 Å². The summed E-state index contributed by atoms with van der Waals surface area (Å²) in [6, 6.07) is 9.09. The van der Waals surface area contributed by atoms with Gasteiger partial charge in [0.1, 0.15) is 5.82 Å². The Morgan fingerprint density at radius 1 is 1.14 bits per heavy atom. The summed E-state index contributed by atoms with van der Waals surface area (Å²) in [6.07, 6.45) is 0. The molecule has 3 rings (SSSR count). The summed E-state index contributed by atoms with van der Waals surface area (Å²) >= 11 is 1.72. The number of hydrogen-bond acceptors (Lipinski definition) is 4. The molecule has 1 aliphatic heterocycles. The Kier molecular flexibility index (Phi) is 10.3. The van der Waals surface area contributed by atoms with E-state index < -0.39 is 0 Å². The maximum Gasteiger partial charge on any atom is 0.191 e. The zero-order chi connectivity index (χ0) is 19.8. The standard InChI is InChI=1S/C21H29FN4OS.HI/c1-16(18-7-12-28-15-18)13-24-21(23-2)25-14-20(26-8-10-27-11-9-26)17-3-5-19(22)6-4-17;/h3-7,12,15-16,20H,8-11,13-14H2,1-2H3,(H2,23,24,25);1H. The first kappa shape index (κ1) is 24.0. The molecule has 2 heterocycles. The number of thiophene rings is 1. The average molecular weight is 532 g/mol. The Bertz CT molecular complexity index is 736. The molecule has 160 valence electrons. The third-order valence-corrected chi connectivity index (χ3v) is 5.82. The van der Waals surface area contributed by atoms with Crippen molar-refractivity contribution in [3.05, 3.63) is 58.0 Å². The topological polar surface area (TPSA) is 48.9 Å². The molecule has 1 fully saturated rings. The molecule has 2 atom stereocenters. The molecule has 29 heavy (non-hydrogen) atoms. The SMILES string of the molecule is CN=C(NCC(C)c1ccsc1)NCC(c1ccc(F)cc1)N1CCOCC1.I. The fourth-order valence-corrected chi connectivity index (χ4v) is 4.15. The number of nitrogens with one attached hydrogen (secondary N) is 2. The normalized spacial score (nSPS) is 17.3. The molecule has 1 saturated heterocycles. The van der Waals surface area contributed by atoms with Crippen LogP contribution in [0, 0.1) is 5.82 Å². The highest BCUT2D eigenvalue weighted by atomic mass is 127. The summed E-state index contributed by atoms with van der Waals surface area (Å²) in [5, 5.41) is 11.2. The summed E-state index contributed by atoms with van der Waals surface area (Å²) in [4.78, 5) is 6.74. The van der Waals surface area contributed by atoms with Gasteiger partial charge in [-0.2, -0.15) is 11.3 Å². The molecule has 0 amide bonds. The zero-order valence-electron chi connectivity index (χ0n) is 16.9. The minimum Gasteiger partial charge on any atom is -0.379 e. The van der Waals surface area contributed by atoms with Crippen LogP contribution in [-0.4, -0.2) is 57.3 Å². The van der Waals surface area contributed by atoms with Crippen molar-refractivity contribution in [1.29, 1.82) is 0 Å². The molecule has 0 bridgehead atoms. The highest BCUT2D eigenvalue weighted by Crippen LogP contribution is 2.22. The van der Waals surface area contributed by atoms with Crippen LogP contribution in [0.4, 0.5) is 4.39 Å². The molecular formula is C21H30FIN4OS. The van der Waals surface area contributed by atoms with Gasteiger partial charge in [0.05, 0.1) is 19.3 Å². The van der Waals surface area contributed by atoms with E-state index in [4.69, 9.17) is 4.74 Å². The van der Waals surface area contributed by atoms with Gasteiger partial charge in [-0.1, -0.05) is 19.1 Å². The number of rotatable bonds is 7. The van der Waals surface area contributed by atoms with Crippen molar-refractivity contribution in [1.82, 2.24) is 15.5 Å². The second-order valence-corrected chi connectivity index (χ2v) is 7.79. The van der Waals surface area contributed by atoms with Crippen LogP contribution < -0.4 is 10.6 Å². The maximum atomic E-state index is 13.4. The lowest BCUT2D eigenvalue weighted by Gasteiger charge is -2.35. The van der Waals surface area contributed by atoms with Gasteiger partial charge in [-0.15, -0.1) is 24.0 Å². The van der Waals surface area contributed by atoms with Crippen molar-refractivity contribution in [2.45, 2.75) is 18.9 Å². The van der Waals surface area contributed by atoms with Crippen LogP contribution in [-0.2, 0) is 4.74 Å². The number of hydrogen-bond donors (Lipinski definition) is 2. The molecule has 1 aromatic heterocycles. The van der Waals surface area contributed by atoms with Crippen LogP contribution in [0.2, 0.25) is 0 Å². The molecule has 2 N–H and O–H groups in total. The van der Waals surface area contributed by atoms with Crippen LogP contribution in [0.25, 0.3) is 0 Å². The minimum absolute atomic E-state index is 0. The van der Waals surface area contributed by atoms with E-state index in [1.54, 1.807) is 18.4 Å². The molecule has 0 saturated carbocycles. The quantitative estimate of drug-likeness (QED) is 0.323. The van der Waals surface area contributed by atoms with Gasteiger partial charge in [-0.3, -0.25) is 9.89 Å². The fourth-order valence-electron chi connectivity index (χ4n) is 3.37. The Morgan fingerprint density at radius 2 is 1.83 bits per heavy atom. The monoisotopic (exact) mass is 532 g/mol. The van der Waals surface area contributed by atoms with E-state index in [1.165, 1.54) is 17.7 Å². The molecule has 2 aromatic rings. The number of guanidine groups is 1. The van der Waals surface area contributed by atoms with Gasteiger partial charge in [0, 0.05) is 33.2 Å². The first-order valence-electron chi connectivity index (χ1n) is 9.71. The highest BCUT2D eigenvalue weighted by Gasteiger charge is 2.23. The van der Waals surface area contributed by atoms with Gasteiger partial charge in [-0.05, 0) is 46.0 Å². The number of aliphatic imine (C=N–C) groups is 1. The third-order valence-electron chi connectivity index (χ3n) is 5.12. The molecule has 0 radical (unpaired) electrons. The van der Waals surface area contributed by atoms with E-state index in [-0.39, 0.29) is 35.8 Å². The Balaban J connectivity index is 0.00000300. The molecule has 1 aromatic carbocycles. The van der Waals surface area contributed by atoms with E-state index in [1.807, 2.05) is 12.1 Å². The average Bonchev–Trinajstić information content (AvgIpc) is 3.27. The van der Waals surface area contributed by atoms with Gasteiger partial charge in [-0.25, -0.2) is 4.39 Å². The highest BCUT2D eigenvalue weighted by molar-refractivity contribution is 14.0. The second-order valence-electron chi connectivity index (χ2n) is 7.01. The summed E-state index contributed by atoms with van der Waals surface area (Å²) in [6.45, 7) is 6.90. The fraction of sp³-hybridized carbons (Fsp3) is 0.476. The van der Waals surface area contributed by atoms with Crippen molar-refractivity contribution in [2.24, 2.45) is 4.99 Å². The first-order chi connectivity index (χ1) is 13.7. The summed E-state index contributed by atoms with van der Waals surface area (Å²) < 4.78 is 18.9.